The Balaban J connectivity index is 2.36. The second-order valence-electron chi connectivity index (χ2n) is 5.57. The van der Waals surface area contributed by atoms with Crippen LogP contribution in [0.15, 0.2) is 18.2 Å². The number of nitrogens with one attached hydrogen (secondary N) is 1. The number of halogens is 1. The minimum atomic E-state index is -1.08. The monoisotopic (exact) mass is 324 g/mol. The van der Waals surface area contributed by atoms with E-state index in [0.717, 1.165) is 6.07 Å². The van der Waals surface area contributed by atoms with Gasteiger partial charge in [-0.05, 0) is 25.0 Å². The standard InChI is InChI=1S/C16H21FN2O4/c1-18-15(22)16(10-23-2)6-3-7-19(16)14(21)11-4-5-12(9-20)13(17)8-11/h4-5,8,20H,3,6-7,9-10H2,1-2H3,(H,18,22). The van der Waals surface area contributed by atoms with E-state index >= 15 is 0 Å². The van der Waals surface area contributed by atoms with Crippen molar-refractivity contribution in [1.82, 2.24) is 10.2 Å². The normalized spacial score (nSPS) is 20.6. The SMILES string of the molecule is CNC(=O)C1(COC)CCCN1C(=O)c1ccc(CO)c(F)c1. The lowest BCUT2D eigenvalue weighted by Gasteiger charge is -2.36. The van der Waals surface area contributed by atoms with Crippen LogP contribution in [-0.4, -0.2) is 54.7 Å². The van der Waals surface area contributed by atoms with E-state index in [2.05, 4.69) is 5.32 Å². The van der Waals surface area contributed by atoms with Crippen LogP contribution in [-0.2, 0) is 16.1 Å². The summed E-state index contributed by atoms with van der Waals surface area (Å²) in [4.78, 5) is 26.6. The Kier molecular flexibility index (Phi) is 5.33. The number of ether oxygens (including phenoxy) is 1. The smallest absolute Gasteiger partial charge is 0.254 e. The third kappa shape index (κ3) is 3.07. The van der Waals surface area contributed by atoms with Gasteiger partial charge in [-0.15, -0.1) is 0 Å². The lowest BCUT2D eigenvalue weighted by atomic mass is 9.95. The zero-order valence-corrected chi connectivity index (χ0v) is 13.3. The Morgan fingerprint density at radius 2 is 2.22 bits per heavy atom. The van der Waals surface area contributed by atoms with Gasteiger partial charge in [0.2, 0.25) is 5.91 Å². The second kappa shape index (κ2) is 7.06. The quantitative estimate of drug-likeness (QED) is 0.835. The molecule has 0 spiro atoms. The fourth-order valence-corrected chi connectivity index (χ4v) is 3.06. The van der Waals surface area contributed by atoms with Crippen LogP contribution in [0.1, 0.15) is 28.8 Å². The number of methoxy groups -OCH3 is 1. The van der Waals surface area contributed by atoms with Crippen molar-refractivity contribution in [3.8, 4) is 0 Å². The number of likely N-dealkylation sites (N-methyl/N-ethyl adjacent to an activating group) is 1. The van der Waals surface area contributed by atoms with E-state index in [1.165, 1.54) is 31.2 Å². The summed E-state index contributed by atoms with van der Waals surface area (Å²) in [5, 5.41) is 11.6. The minimum Gasteiger partial charge on any atom is -0.392 e. The molecule has 2 amide bonds. The van der Waals surface area contributed by atoms with Crippen molar-refractivity contribution in [1.29, 1.82) is 0 Å². The predicted octanol–water partition coefficient (Wildman–Crippen LogP) is 0.685. The van der Waals surface area contributed by atoms with E-state index in [9.17, 15) is 14.0 Å². The molecule has 1 heterocycles. The summed E-state index contributed by atoms with van der Waals surface area (Å²) >= 11 is 0. The van der Waals surface area contributed by atoms with Gasteiger partial charge in [0, 0.05) is 31.8 Å². The molecule has 23 heavy (non-hydrogen) atoms. The highest BCUT2D eigenvalue weighted by Gasteiger charge is 2.49. The van der Waals surface area contributed by atoms with Gasteiger partial charge < -0.3 is 20.1 Å². The number of rotatable bonds is 5. The van der Waals surface area contributed by atoms with Gasteiger partial charge in [-0.2, -0.15) is 0 Å². The van der Waals surface area contributed by atoms with Gasteiger partial charge in [-0.1, -0.05) is 6.07 Å². The van der Waals surface area contributed by atoms with Crippen LogP contribution in [0.3, 0.4) is 0 Å². The summed E-state index contributed by atoms with van der Waals surface area (Å²) < 4.78 is 19.0. The number of nitrogens with zero attached hydrogens (tertiary/aromatic N) is 1. The van der Waals surface area contributed by atoms with E-state index in [0.29, 0.717) is 19.4 Å². The molecule has 0 bridgehead atoms. The van der Waals surface area contributed by atoms with E-state index < -0.39 is 23.9 Å². The van der Waals surface area contributed by atoms with Crippen LogP contribution in [0, 0.1) is 5.82 Å². The van der Waals surface area contributed by atoms with Gasteiger partial charge in [-0.25, -0.2) is 4.39 Å². The highest BCUT2D eigenvalue weighted by Crippen LogP contribution is 2.32. The highest BCUT2D eigenvalue weighted by atomic mass is 19.1. The fourth-order valence-electron chi connectivity index (χ4n) is 3.06. The number of aliphatic hydroxyl groups is 1. The van der Waals surface area contributed by atoms with E-state index in [1.807, 2.05) is 0 Å². The van der Waals surface area contributed by atoms with Gasteiger partial charge in [0.1, 0.15) is 11.4 Å². The molecule has 0 aromatic heterocycles. The third-order valence-electron chi connectivity index (χ3n) is 4.24. The first-order valence-electron chi connectivity index (χ1n) is 7.42. The van der Waals surface area contributed by atoms with Crippen molar-refractivity contribution in [3.05, 3.63) is 35.1 Å². The molecule has 1 saturated heterocycles. The maximum Gasteiger partial charge on any atom is 0.254 e. The molecule has 1 fully saturated rings. The van der Waals surface area contributed by atoms with Crippen LogP contribution in [0.5, 0.6) is 0 Å². The van der Waals surface area contributed by atoms with Crippen molar-refractivity contribution in [2.45, 2.75) is 25.0 Å². The number of carbonyl (C=O) groups is 2. The molecule has 1 atom stereocenters. The van der Waals surface area contributed by atoms with Crippen molar-refractivity contribution < 1.29 is 23.8 Å². The topological polar surface area (TPSA) is 78.9 Å². The molecule has 7 heteroatoms. The number of carbonyl (C=O) groups excluding carboxylic acids is 2. The zero-order chi connectivity index (χ0) is 17.0. The number of benzene rings is 1. The molecule has 1 aromatic rings. The van der Waals surface area contributed by atoms with Crippen molar-refractivity contribution in [3.63, 3.8) is 0 Å². The summed E-state index contributed by atoms with van der Waals surface area (Å²) in [6.07, 6.45) is 1.16. The summed E-state index contributed by atoms with van der Waals surface area (Å²) in [5.41, 5.74) is -0.810. The Morgan fingerprint density at radius 1 is 1.48 bits per heavy atom. The molecule has 1 aliphatic rings. The number of likely N-dealkylation sites (tertiary alicyclic amines) is 1. The Labute approximate surface area is 134 Å². The molecular formula is C16H21FN2O4. The molecule has 2 rings (SSSR count). The minimum absolute atomic E-state index is 0.0790. The first-order chi connectivity index (χ1) is 11.0. The summed E-state index contributed by atoms with van der Waals surface area (Å²) in [5.74, 6) is -1.36. The van der Waals surface area contributed by atoms with Gasteiger partial charge >= 0.3 is 0 Å². The maximum atomic E-state index is 13.8. The molecule has 1 aromatic carbocycles. The number of aliphatic hydroxyl groups excluding tert-OH is 1. The summed E-state index contributed by atoms with van der Waals surface area (Å²) in [6, 6.07) is 3.92. The summed E-state index contributed by atoms with van der Waals surface area (Å²) in [6.45, 7) is 0.0461. The van der Waals surface area contributed by atoms with Crippen molar-refractivity contribution in [2.24, 2.45) is 0 Å². The highest BCUT2D eigenvalue weighted by molar-refractivity contribution is 5.99. The van der Waals surface area contributed by atoms with Gasteiger partial charge in [0.05, 0.1) is 13.2 Å². The first-order valence-corrected chi connectivity index (χ1v) is 7.42. The number of amides is 2. The number of hydrogen-bond acceptors (Lipinski definition) is 4. The Bertz CT molecular complexity index is 608. The van der Waals surface area contributed by atoms with Gasteiger partial charge in [0.25, 0.3) is 5.91 Å². The average molecular weight is 324 g/mol. The van der Waals surface area contributed by atoms with Crippen molar-refractivity contribution >= 4 is 11.8 Å². The van der Waals surface area contributed by atoms with E-state index in [4.69, 9.17) is 9.84 Å². The molecule has 6 nitrogen and oxygen atoms in total. The predicted molar refractivity (Wildman–Crippen MR) is 81.3 cm³/mol. The van der Waals surface area contributed by atoms with Crippen LogP contribution in [0.4, 0.5) is 4.39 Å². The van der Waals surface area contributed by atoms with Crippen LogP contribution < -0.4 is 5.32 Å². The molecule has 0 saturated carbocycles. The van der Waals surface area contributed by atoms with Gasteiger partial charge in [-0.3, -0.25) is 9.59 Å². The largest absolute Gasteiger partial charge is 0.392 e. The van der Waals surface area contributed by atoms with E-state index in [1.54, 1.807) is 0 Å². The molecule has 126 valence electrons. The molecule has 0 radical (unpaired) electrons. The van der Waals surface area contributed by atoms with E-state index in [-0.39, 0.29) is 23.6 Å². The fraction of sp³-hybridized carbons (Fsp3) is 0.500. The first kappa shape index (κ1) is 17.4. The average Bonchev–Trinajstić information content (AvgIpc) is 2.98. The Hall–Kier alpha value is -1.99. The Morgan fingerprint density at radius 3 is 2.78 bits per heavy atom. The van der Waals surface area contributed by atoms with Crippen LogP contribution >= 0.6 is 0 Å². The van der Waals surface area contributed by atoms with Gasteiger partial charge in [0.15, 0.2) is 0 Å². The molecule has 1 unspecified atom stereocenters. The lowest BCUT2D eigenvalue weighted by molar-refractivity contribution is -0.133. The lowest BCUT2D eigenvalue weighted by Crippen LogP contribution is -2.59. The van der Waals surface area contributed by atoms with Crippen molar-refractivity contribution in [2.75, 3.05) is 27.3 Å². The maximum absolute atomic E-state index is 13.8. The van der Waals surface area contributed by atoms with Crippen LogP contribution in [0.2, 0.25) is 0 Å². The zero-order valence-electron chi connectivity index (χ0n) is 13.3. The molecular weight excluding hydrogens is 303 g/mol. The third-order valence-corrected chi connectivity index (χ3v) is 4.24. The molecule has 2 N–H and O–H groups in total. The number of hydrogen-bond donors (Lipinski definition) is 2. The summed E-state index contributed by atoms with van der Waals surface area (Å²) in [7, 11) is 2.98. The van der Waals surface area contributed by atoms with Crippen LogP contribution in [0.25, 0.3) is 0 Å². The molecule has 0 aliphatic carbocycles. The second-order valence-corrected chi connectivity index (χ2v) is 5.57. The molecule has 1 aliphatic heterocycles.